The normalized spacial score (nSPS) is 12.1. The Morgan fingerprint density at radius 1 is 1.19 bits per heavy atom. The van der Waals surface area contributed by atoms with Crippen molar-refractivity contribution in [2.24, 2.45) is 5.92 Å². The van der Waals surface area contributed by atoms with Crippen LogP contribution in [0.15, 0.2) is 46.9 Å². The average Bonchev–Trinajstić information content (AvgIpc) is 2.42. The molecule has 0 heterocycles. The Kier molecular flexibility index (Phi) is 5.37. The van der Waals surface area contributed by atoms with E-state index >= 15 is 0 Å². The van der Waals surface area contributed by atoms with Gasteiger partial charge in [-0.1, -0.05) is 51.8 Å². The third-order valence-electron chi connectivity index (χ3n) is 3.25. The number of aliphatic carboxylic acids is 1. The fourth-order valence-electron chi connectivity index (χ4n) is 2.13. The summed E-state index contributed by atoms with van der Waals surface area (Å²) in [5.41, 5.74) is 1.56. The molecule has 0 bridgehead atoms. The van der Waals surface area contributed by atoms with Crippen LogP contribution in [0.2, 0.25) is 5.02 Å². The Balaban J connectivity index is 2.20. The standard InChI is InChI=1S/C16H13BrClFO2/c17-14-4-2-1-3-10(14)7-12(16(20)21)8-11-5-6-13(19)9-15(11)18/h1-6,9,12H,7-8H2,(H,20,21). The molecule has 0 aliphatic heterocycles. The Bertz CT molecular complexity index is 660. The minimum atomic E-state index is -0.897. The Morgan fingerprint density at radius 3 is 2.48 bits per heavy atom. The number of hydrogen-bond donors (Lipinski definition) is 1. The van der Waals surface area contributed by atoms with Crippen molar-refractivity contribution in [3.63, 3.8) is 0 Å². The van der Waals surface area contributed by atoms with Crippen LogP contribution >= 0.6 is 27.5 Å². The van der Waals surface area contributed by atoms with Gasteiger partial charge in [-0.25, -0.2) is 4.39 Å². The third-order valence-corrected chi connectivity index (χ3v) is 4.38. The summed E-state index contributed by atoms with van der Waals surface area (Å²) < 4.78 is 13.9. The first-order valence-electron chi connectivity index (χ1n) is 6.37. The lowest BCUT2D eigenvalue weighted by molar-refractivity contribution is -0.141. The Labute approximate surface area is 135 Å². The minimum absolute atomic E-state index is 0.258. The lowest BCUT2D eigenvalue weighted by Gasteiger charge is -2.14. The van der Waals surface area contributed by atoms with Gasteiger partial charge >= 0.3 is 5.97 Å². The second kappa shape index (κ2) is 7.05. The zero-order valence-electron chi connectivity index (χ0n) is 11.0. The molecule has 2 aromatic carbocycles. The minimum Gasteiger partial charge on any atom is -0.481 e. The van der Waals surface area contributed by atoms with Crippen molar-refractivity contribution in [3.05, 3.63) is 68.9 Å². The molecule has 0 aliphatic rings. The Morgan fingerprint density at radius 2 is 1.86 bits per heavy atom. The predicted molar refractivity (Wildman–Crippen MR) is 84.1 cm³/mol. The van der Waals surface area contributed by atoms with Crippen molar-refractivity contribution in [1.29, 1.82) is 0 Å². The van der Waals surface area contributed by atoms with Crippen molar-refractivity contribution >= 4 is 33.5 Å². The van der Waals surface area contributed by atoms with E-state index in [1.807, 2.05) is 24.3 Å². The molecule has 0 fully saturated rings. The Hall–Kier alpha value is -1.39. The van der Waals surface area contributed by atoms with Gasteiger partial charge in [-0.2, -0.15) is 0 Å². The van der Waals surface area contributed by atoms with Crippen molar-refractivity contribution in [1.82, 2.24) is 0 Å². The fourth-order valence-corrected chi connectivity index (χ4v) is 2.82. The second-order valence-corrected chi connectivity index (χ2v) is 6.03. The van der Waals surface area contributed by atoms with Gasteiger partial charge in [0.15, 0.2) is 0 Å². The average molecular weight is 372 g/mol. The van der Waals surface area contributed by atoms with Crippen molar-refractivity contribution < 1.29 is 14.3 Å². The quantitative estimate of drug-likeness (QED) is 0.825. The predicted octanol–water partition coefficient (Wildman–Crippen LogP) is 4.73. The van der Waals surface area contributed by atoms with Gasteiger partial charge in [0.2, 0.25) is 0 Å². The molecule has 0 saturated carbocycles. The van der Waals surface area contributed by atoms with E-state index in [1.54, 1.807) is 0 Å². The molecule has 2 nitrogen and oxygen atoms in total. The summed E-state index contributed by atoms with van der Waals surface area (Å²) in [6.07, 6.45) is 0.639. The van der Waals surface area contributed by atoms with Crippen molar-refractivity contribution in [3.8, 4) is 0 Å². The highest BCUT2D eigenvalue weighted by Crippen LogP contribution is 2.25. The number of carboxylic acids is 1. The summed E-state index contributed by atoms with van der Waals surface area (Å²) in [7, 11) is 0. The maximum Gasteiger partial charge on any atom is 0.307 e. The number of carboxylic acid groups (broad SMARTS) is 1. The number of rotatable bonds is 5. The van der Waals surface area contributed by atoms with Gasteiger partial charge in [0.1, 0.15) is 5.82 Å². The zero-order valence-corrected chi connectivity index (χ0v) is 13.4. The largest absolute Gasteiger partial charge is 0.481 e. The van der Waals surface area contributed by atoms with Gasteiger partial charge in [0.25, 0.3) is 0 Å². The van der Waals surface area contributed by atoms with Crippen LogP contribution in [0.4, 0.5) is 4.39 Å². The summed E-state index contributed by atoms with van der Waals surface area (Å²) in [6, 6.07) is 11.5. The number of benzene rings is 2. The summed E-state index contributed by atoms with van der Waals surface area (Å²) in [5.74, 6) is -1.95. The molecule has 5 heteroatoms. The van der Waals surface area contributed by atoms with Gasteiger partial charge < -0.3 is 5.11 Å². The second-order valence-electron chi connectivity index (χ2n) is 4.77. The van der Waals surface area contributed by atoms with E-state index in [4.69, 9.17) is 11.6 Å². The molecular weight excluding hydrogens is 359 g/mol. The number of halogens is 3. The maximum absolute atomic E-state index is 13.0. The van der Waals surface area contributed by atoms with Crippen LogP contribution in [-0.4, -0.2) is 11.1 Å². The molecule has 110 valence electrons. The van der Waals surface area contributed by atoms with Crippen LogP contribution in [0.3, 0.4) is 0 Å². The molecule has 0 saturated heterocycles. The first-order chi connectivity index (χ1) is 9.97. The molecule has 0 amide bonds. The SMILES string of the molecule is O=C(O)C(Cc1ccc(F)cc1Cl)Cc1ccccc1Br. The van der Waals surface area contributed by atoms with Crippen LogP contribution in [0, 0.1) is 11.7 Å². The van der Waals surface area contributed by atoms with E-state index in [-0.39, 0.29) is 11.4 Å². The molecular formula is C16H13BrClFO2. The van der Waals surface area contributed by atoms with Gasteiger partial charge in [0, 0.05) is 9.50 Å². The number of carbonyl (C=O) groups is 1. The van der Waals surface area contributed by atoms with Crippen LogP contribution < -0.4 is 0 Å². The van der Waals surface area contributed by atoms with E-state index in [0.717, 1.165) is 10.0 Å². The molecule has 1 N–H and O–H groups in total. The van der Waals surface area contributed by atoms with Crippen LogP contribution in [0.1, 0.15) is 11.1 Å². The third kappa shape index (κ3) is 4.29. The summed E-state index contributed by atoms with van der Waals surface area (Å²) in [6.45, 7) is 0. The highest BCUT2D eigenvalue weighted by atomic mass is 79.9. The van der Waals surface area contributed by atoms with Gasteiger partial charge in [-0.05, 0) is 42.2 Å². The zero-order chi connectivity index (χ0) is 15.4. The molecule has 1 atom stereocenters. The summed E-state index contributed by atoms with van der Waals surface area (Å²) in [4.78, 5) is 11.5. The molecule has 21 heavy (non-hydrogen) atoms. The lowest BCUT2D eigenvalue weighted by Crippen LogP contribution is -2.19. The van der Waals surface area contributed by atoms with Crippen molar-refractivity contribution in [2.45, 2.75) is 12.8 Å². The lowest BCUT2D eigenvalue weighted by atomic mass is 9.92. The molecule has 0 aromatic heterocycles. The monoisotopic (exact) mass is 370 g/mol. The first-order valence-corrected chi connectivity index (χ1v) is 7.54. The summed E-state index contributed by atoms with van der Waals surface area (Å²) in [5, 5.41) is 9.66. The first kappa shape index (κ1) is 16.0. The summed E-state index contributed by atoms with van der Waals surface area (Å²) >= 11 is 9.39. The van der Waals surface area contributed by atoms with Gasteiger partial charge in [0.05, 0.1) is 5.92 Å². The van der Waals surface area contributed by atoms with Crippen LogP contribution in [0.5, 0.6) is 0 Å². The van der Waals surface area contributed by atoms with E-state index < -0.39 is 17.7 Å². The molecule has 0 spiro atoms. The topological polar surface area (TPSA) is 37.3 Å². The van der Waals surface area contributed by atoms with Gasteiger partial charge in [-0.3, -0.25) is 4.79 Å². The van der Waals surface area contributed by atoms with Gasteiger partial charge in [-0.15, -0.1) is 0 Å². The molecule has 0 aliphatic carbocycles. The molecule has 1 unspecified atom stereocenters. The van der Waals surface area contributed by atoms with E-state index in [1.165, 1.54) is 18.2 Å². The highest BCUT2D eigenvalue weighted by molar-refractivity contribution is 9.10. The molecule has 0 radical (unpaired) electrons. The highest BCUT2D eigenvalue weighted by Gasteiger charge is 2.21. The van der Waals surface area contributed by atoms with Crippen LogP contribution in [0.25, 0.3) is 0 Å². The fraction of sp³-hybridized carbons (Fsp3) is 0.188. The van der Waals surface area contributed by atoms with E-state index in [0.29, 0.717) is 12.0 Å². The van der Waals surface area contributed by atoms with Crippen LogP contribution in [-0.2, 0) is 17.6 Å². The molecule has 2 aromatic rings. The smallest absolute Gasteiger partial charge is 0.307 e. The number of hydrogen-bond acceptors (Lipinski definition) is 1. The van der Waals surface area contributed by atoms with E-state index in [2.05, 4.69) is 15.9 Å². The van der Waals surface area contributed by atoms with E-state index in [9.17, 15) is 14.3 Å². The van der Waals surface area contributed by atoms with Crippen molar-refractivity contribution in [2.75, 3.05) is 0 Å². The maximum atomic E-state index is 13.0. The molecule has 2 rings (SSSR count).